The molecular formula is C37H67N2O6P. The quantitative estimate of drug-likeness (QED) is 0.0320. The molecule has 0 aromatic heterocycles. The summed E-state index contributed by atoms with van der Waals surface area (Å²) in [5.41, 5.74) is 5.33. The Balaban J connectivity index is 4.28. The average molecular weight is 667 g/mol. The molecule has 5 N–H and O–H groups in total. The molecule has 46 heavy (non-hydrogen) atoms. The zero-order valence-corrected chi connectivity index (χ0v) is 29.9. The molecule has 0 bridgehead atoms. The Kier molecular flexibility index (Phi) is 31.8. The molecule has 3 unspecified atom stereocenters. The summed E-state index contributed by atoms with van der Waals surface area (Å²) >= 11 is 0. The first-order chi connectivity index (χ1) is 22.4. The van der Waals surface area contributed by atoms with Crippen molar-refractivity contribution in [1.82, 2.24) is 5.32 Å². The molecule has 1 amide bonds. The summed E-state index contributed by atoms with van der Waals surface area (Å²) in [6.45, 7) is 3.96. The van der Waals surface area contributed by atoms with Crippen LogP contribution in [-0.4, -0.2) is 47.8 Å². The molecule has 0 rings (SSSR count). The summed E-state index contributed by atoms with van der Waals surface area (Å²) in [4.78, 5) is 22.5. The van der Waals surface area contributed by atoms with Crippen molar-refractivity contribution >= 4 is 13.7 Å². The van der Waals surface area contributed by atoms with Crippen molar-refractivity contribution in [3.8, 4) is 0 Å². The van der Waals surface area contributed by atoms with E-state index in [1.165, 1.54) is 51.4 Å². The second kappa shape index (κ2) is 33.1. The van der Waals surface area contributed by atoms with E-state index in [1.54, 1.807) is 6.08 Å². The third kappa shape index (κ3) is 30.8. The van der Waals surface area contributed by atoms with Crippen LogP contribution in [0.4, 0.5) is 0 Å². The number of amides is 1. The molecule has 9 heteroatoms. The van der Waals surface area contributed by atoms with E-state index < -0.39 is 20.0 Å². The fourth-order valence-electron chi connectivity index (χ4n) is 4.55. The van der Waals surface area contributed by atoms with Crippen LogP contribution >= 0.6 is 7.82 Å². The molecule has 0 fully saturated rings. The first kappa shape index (κ1) is 44.2. The number of carbonyl (C=O) groups excluding carboxylic acids is 1. The third-order valence-corrected chi connectivity index (χ3v) is 8.30. The van der Waals surface area contributed by atoms with Crippen molar-refractivity contribution in [3.05, 3.63) is 60.8 Å². The maximum Gasteiger partial charge on any atom is 0.472 e. The van der Waals surface area contributed by atoms with Crippen LogP contribution in [0.2, 0.25) is 0 Å². The summed E-state index contributed by atoms with van der Waals surface area (Å²) in [6, 6.07) is -0.883. The van der Waals surface area contributed by atoms with Gasteiger partial charge >= 0.3 is 7.82 Å². The van der Waals surface area contributed by atoms with E-state index in [0.29, 0.717) is 6.42 Å². The Labute approximate surface area is 281 Å². The molecule has 0 aliphatic rings. The van der Waals surface area contributed by atoms with Crippen molar-refractivity contribution in [3.63, 3.8) is 0 Å². The van der Waals surface area contributed by atoms with Crippen LogP contribution in [-0.2, 0) is 18.4 Å². The fraction of sp³-hybridized carbons (Fsp3) is 0.703. The van der Waals surface area contributed by atoms with Crippen LogP contribution in [0, 0.1) is 0 Å². The van der Waals surface area contributed by atoms with Gasteiger partial charge in [-0.25, -0.2) is 4.57 Å². The summed E-state index contributed by atoms with van der Waals surface area (Å²) in [5.74, 6) is -0.224. The van der Waals surface area contributed by atoms with Crippen LogP contribution in [0.3, 0.4) is 0 Å². The second-order valence-corrected chi connectivity index (χ2v) is 13.2. The topological polar surface area (TPSA) is 131 Å². The van der Waals surface area contributed by atoms with Gasteiger partial charge in [0, 0.05) is 13.0 Å². The molecule has 0 saturated heterocycles. The highest BCUT2D eigenvalue weighted by Gasteiger charge is 2.26. The number of phosphoric ester groups is 1. The van der Waals surface area contributed by atoms with E-state index in [2.05, 4.69) is 67.8 Å². The van der Waals surface area contributed by atoms with E-state index >= 15 is 0 Å². The van der Waals surface area contributed by atoms with Gasteiger partial charge in [-0.1, -0.05) is 126 Å². The van der Waals surface area contributed by atoms with Crippen molar-refractivity contribution < 1.29 is 28.4 Å². The summed E-state index contributed by atoms with van der Waals surface area (Å²) in [6.07, 6.45) is 39.9. The number of carbonyl (C=O) groups is 1. The highest BCUT2D eigenvalue weighted by Crippen LogP contribution is 2.43. The lowest BCUT2D eigenvalue weighted by Gasteiger charge is -2.23. The monoisotopic (exact) mass is 666 g/mol. The summed E-state index contributed by atoms with van der Waals surface area (Å²) in [5, 5.41) is 13.5. The highest BCUT2D eigenvalue weighted by molar-refractivity contribution is 7.47. The zero-order valence-electron chi connectivity index (χ0n) is 29.0. The highest BCUT2D eigenvalue weighted by atomic mass is 31.2. The molecule has 0 saturated carbocycles. The van der Waals surface area contributed by atoms with Gasteiger partial charge in [0.15, 0.2) is 0 Å². The second-order valence-electron chi connectivity index (χ2n) is 11.7. The molecule has 0 aliphatic heterocycles. The lowest BCUT2D eigenvalue weighted by Crippen LogP contribution is -2.45. The number of unbranched alkanes of at least 4 members (excludes halogenated alkanes) is 12. The third-order valence-electron chi connectivity index (χ3n) is 7.32. The molecule has 8 nitrogen and oxygen atoms in total. The van der Waals surface area contributed by atoms with Crippen LogP contribution in [0.25, 0.3) is 0 Å². The molecule has 266 valence electrons. The molecule has 0 aromatic carbocycles. The van der Waals surface area contributed by atoms with E-state index in [-0.39, 0.29) is 25.7 Å². The number of allylic oxidation sites excluding steroid dienone is 9. The number of hydrogen-bond acceptors (Lipinski definition) is 6. The summed E-state index contributed by atoms with van der Waals surface area (Å²) < 4.78 is 21.9. The maximum absolute atomic E-state index is 12.6. The first-order valence-electron chi connectivity index (χ1n) is 17.9. The number of nitrogens with one attached hydrogen (secondary N) is 1. The lowest BCUT2D eigenvalue weighted by molar-refractivity contribution is -0.123. The smallest absolute Gasteiger partial charge is 0.387 e. The molecule has 0 aliphatic carbocycles. The summed E-state index contributed by atoms with van der Waals surface area (Å²) in [7, 11) is -4.34. The Bertz CT molecular complexity index is 902. The van der Waals surface area contributed by atoms with Gasteiger partial charge in [0.25, 0.3) is 0 Å². The normalized spacial score (nSPS) is 15.2. The van der Waals surface area contributed by atoms with Gasteiger partial charge in [-0.3, -0.25) is 13.8 Å². The number of hydrogen-bond donors (Lipinski definition) is 4. The molecule has 0 heterocycles. The molecule has 0 radical (unpaired) electrons. The number of aliphatic hydroxyl groups is 1. The van der Waals surface area contributed by atoms with Gasteiger partial charge in [-0.15, -0.1) is 0 Å². The van der Waals surface area contributed by atoms with Crippen molar-refractivity contribution in [2.24, 2.45) is 5.73 Å². The van der Waals surface area contributed by atoms with E-state index in [1.807, 2.05) is 6.08 Å². The lowest BCUT2D eigenvalue weighted by atomic mass is 10.1. The molecule has 3 atom stereocenters. The van der Waals surface area contributed by atoms with E-state index in [9.17, 15) is 19.4 Å². The van der Waals surface area contributed by atoms with Crippen molar-refractivity contribution in [2.45, 2.75) is 148 Å². The number of rotatable bonds is 32. The van der Waals surface area contributed by atoms with E-state index in [4.69, 9.17) is 14.8 Å². The number of nitrogens with two attached hydrogens (primary N) is 1. The average Bonchev–Trinajstić information content (AvgIpc) is 3.04. The maximum atomic E-state index is 12.6. The molecular weight excluding hydrogens is 599 g/mol. The van der Waals surface area contributed by atoms with Crippen LogP contribution in [0.1, 0.15) is 136 Å². The zero-order chi connectivity index (χ0) is 34.0. The standard InChI is InChI=1S/C37H67N2O6P/c1-3-5-7-9-11-13-14-15-16-17-18-19-20-21-22-23-25-27-29-31-37(41)39-35(34-45-46(42,43)44-33-32-38)36(40)30-28-26-24-12-10-8-6-4-2/h10-13,15-16,18-19,28,30,35-36,40H,3-9,14,17,20-27,29,31-34,38H2,1-2H3,(H,39,41)(H,42,43)/b12-10+,13-11-,16-15-,19-18-,30-28+. The van der Waals surface area contributed by atoms with Gasteiger partial charge in [-0.2, -0.15) is 0 Å². The number of phosphoric acid groups is 1. The van der Waals surface area contributed by atoms with E-state index in [0.717, 1.165) is 64.2 Å². The predicted molar refractivity (Wildman–Crippen MR) is 193 cm³/mol. The van der Waals surface area contributed by atoms with Crippen LogP contribution in [0.5, 0.6) is 0 Å². The fourth-order valence-corrected chi connectivity index (χ4v) is 5.31. The predicted octanol–water partition coefficient (Wildman–Crippen LogP) is 9.16. The SMILES string of the molecule is CCCC/C=C/CC/C=C/C(O)C(COP(=O)(O)OCCN)NC(=O)CCCCCCCC/C=C\C/C=C\C/C=C\CCCCC. The Hall–Kier alpha value is -1.80. The van der Waals surface area contributed by atoms with Crippen LogP contribution < -0.4 is 11.1 Å². The Morgan fingerprint density at radius 1 is 0.717 bits per heavy atom. The van der Waals surface area contributed by atoms with Crippen molar-refractivity contribution in [2.75, 3.05) is 19.8 Å². The Morgan fingerprint density at radius 2 is 1.24 bits per heavy atom. The van der Waals surface area contributed by atoms with Gasteiger partial charge in [0.05, 0.1) is 25.4 Å². The molecule has 0 spiro atoms. The van der Waals surface area contributed by atoms with Gasteiger partial charge in [0.1, 0.15) is 0 Å². The van der Waals surface area contributed by atoms with Crippen LogP contribution in [0.15, 0.2) is 60.8 Å². The number of aliphatic hydroxyl groups excluding tert-OH is 1. The largest absolute Gasteiger partial charge is 0.472 e. The van der Waals surface area contributed by atoms with Gasteiger partial charge in [-0.05, 0) is 64.2 Å². The minimum Gasteiger partial charge on any atom is -0.387 e. The Morgan fingerprint density at radius 3 is 1.89 bits per heavy atom. The van der Waals surface area contributed by atoms with Gasteiger partial charge in [0.2, 0.25) is 5.91 Å². The minimum atomic E-state index is -4.34. The first-order valence-corrected chi connectivity index (χ1v) is 19.4. The van der Waals surface area contributed by atoms with Crippen molar-refractivity contribution in [1.29, 1.82) is 0 Å². The van der Waals surface area contributed by atoms with Gasteiger partial charge < -0.3 is 21.1 Å². The molecule has 0 aromatic rings. The minimum absolute atomic E-state index is 0.0684.